The van der Waals surface area contributed by atoms with Crippen molar-refractivity contribution in [3.63, 3.8) is 0 Å². The van der Waals surface area contributed by atoms with Crippen LogP contribution in [0.4, 0.5) is 5.13 Å². The molecular formula is C14H17N3O2S. The lowest BCUT2D eigenvalue weighted by molar-refractivity contribution is 0.0883. The Morgan fingerprint density at radius 2 is 2.30 bits per heavy atom. The van der Waals surface area contributed by atoms with Crippen molar-refractivity contribution >= 4 is 32.6 Å². The molecule has 20 heavy (non-hydrogen) atoms. The molecule has 6 heteroatoms. The SMILES string of the molecule is COc1ccc2nc(N)sc2c1C(=O)NC1CC[C@@H]1C. The Balaban J connectivity index is 2.01. The highest BCUT2D eigenvalue weighted by Gasteiger charge is 2.30. The van der Waals surface area contributed by atoms with E-state index in [0.29, 0.717) is 22.4 Å². The molecule has 0 spiro atoms. The number of fused-ring (bicyclic) bond motifs is 1. The third-order valence-corrected chi connectivity index (χ3v) is 4.84. The minimum atomic E-state index is -0.104. The molecular weight excluding hydrogens is 274 g/mol. The van der Waals surface area contributed by atoms with Crippen molar-refractivity contribution < 1.29 is 9.53 Å². The molecule has 2 aromatic rings. The summed E-state index contributed by atoms with van der Waals surface area (Å²) in [5.74, 6) is 0.994. The standard InChI is InChI=1S/C14H17N3O2S/c1-7-3-4-8(7)16-13(18)11-10(19-2)6-5-9-12(11)20-14(15)17-9/h5-8H,3-4H2,1-2H3,(H2,15,17)(H,16,18)/t7-,8?/m0/s1. The van der Waals surface area contributed by atoms with Crippen LogP contribution >= 0.6 is 11.3 Å². The molecule has 1 aromatic carbocycles. The summed E-state index contributed by atoms with van der Waals surface area (Å²) in [6.07, 6.45) is 2.20. The number of hydrogen-bond acceptors (Lipinski definition) is 5. The predicted molar refractivity (Wildman–Crippen MR) is 80.2 cm³/mol. The van der Waals surface area contributed by atoms with Crippen LogP contribution in [0.25, 0.3) is 10.2 Å². The maximum atomic E-state index is 12.5. The molecule has 1 fully saturated rings. The first kappa shape index (κ1) is 13.2. The quantitative estimate of drug-likeness (QED) is 0.910. The summed E-state index contributed by atoms with van der Waals surface area (Å²) in [5.41, 5.74) is 7.02. The van der Waals surface area contributed by atoms with E-state index < -0.39 is 0 Å². The first-order chi connectivity index (χ1) is 9.60. The van der Waals surface area contributed by atoms with E-state index in [-0.39, 0.29) is 11.9 Å². The molecule has 0 radical (unpaired) electrons. The Morgan fingerprint density at radius 3 is 2.90 bits per heavy atom. The molecule has 2 atom stereocenters. The second-order valence-electron chi connectivity index (χ2n) is 5.18. The van der Waals surface area contributed by atoms with Crippen molar-refractivity contribution in [2.24, 2.45) is 5.92 Å². The van der Waals surface area contributed by atoms with Gasteiger partial charge < -0.3 is 15.8 Å². The van der Waals surface area contributed by atoms with Gasteiger partial charge in [-0.15, -0.1) is 0 Å². The highest BCUT2D eigenvalue weighted by atomic mass is 32.1. The van der Waals surface area contributed by atoms with Gasteiger partial charge in [-0.05, 0) is 30.9 Å². The maximum Gasteiger partial charge on any atom is 0.256 e. The topological polar surface area (TPSA) is 77.2 Å². The number of nitrogens with zero attached hydrogens (tertiary/aromatic N) is 1. The molecule has 1 aliphatic rings. The van der Waals surface area contributed by atoms with Crippen LogP contribution in [-0.4, -0.2) is 24.0 Å². The predicted octanol–water partition coefficient (Wildman–Crippen LogP) is 2.42. The molecule has 0 aliphatic heterocycles. The van der Waals surface area contributed by atoms with Crippen LogP contribution in [0.1, 0.15) is 30.1 Å². The van der Waals surface area contributed by atoms with Gasteiger partial charge in [-0.2, -0.15) is 0 Å². The van der Waals surface area contributed by atoms with Gasteiger partial charge in [0.05, 0.1) is 17.3 Å². The first-order valence-corrected chi connectivity index (χ1v) is 7.45. The van der Waals surface area contributed by atoms with Gasteiger partial charge in [0.1, 0.15) is 11.3 Å². The Kier molecular flexibility index (Phi) is 3.25. The maximum absolute atomic E-state index is 12.5. The average Bonchev–Trinajstić information content (AvgIpc) is 2.81. The second kappa shape index (κ2) is 4.94. The van der Waals surface area contributed by atoms with Gasteiger partial charge in [-0.3, -0.25) is 4.79 Å². The number of ether oxygens (including phenoxy) is 1. The van der Waals surface area contributed by atoms with E-state index in [0.717, 1.165) is 16.6 Å². The summed E-state index contributed by atoms with van der Waals surface area (Å²) in [7, 11) is 1.56. The van der Waals surface area contributed by atoms with E-state index in [1.165, 1.54) is 17.8 Å². The van der Waals surface area contributed by atoms with Gasteiger partial charge in [0.15, 0.2) is 5.13 Å². The smallest absolute Gasteiger partial charge is 0.256 e. The Hall–Kier alpha value is -1.82. The fourth-order valence-corrected chi connectivity index (χ4v) is 3.36. The summed E-state index contributed by atoms with van der Waals surface area (Å²) in [5, 5.41) is 3.54. The number of hydrogen-bond donors (Lipinski definition) is 2. The monoisotopic (exact) mass is 291 g/mol. The molecule has 0 bridgehead atoms. The molecule has 1 unspecified atom stereocenters. The van der Waals surface area contributed by atoms with E-state index in [4.69, 9.17) is 10.5 Å². The van der Waals surface area contributed by atoms with E-state index >= 15 is 0 Å². The number of amides is 1. The van der Waals surface area contributed by atoms with E-state index in [1.54, 1.807) is 13.2 Å². The van der Waals surface area contributed by atoms with Crippen LogP contribution in [0, 0.1) is 5.92 Å². The lowest BCUT2D eigenvalue weighted by atomic mass is 9.81. The molecule has 0 saturated heterocycles. The summed E-state index contributed by atoms with van der Waals surface area (Å²) in [6, 6.07) is 3.84. The molecule has 3 rings (SSSR count). The van der Waals surface area contributed by atoms with Crippen LogP contribution in [0.5, 0.6) is 5.75 Å². The number of rotatable bonds is 3. The summed E-state index contributed by atoms with van der Waals surface area (Å²) >= 11 is 1.32. The summed E-state index contributed by atoms with van der Waals surface area (Å²) < 4.78 is 6.10. The van der Waals surface area contributed by atoms with Gasteiger partial charge in [0, 0.05) is 6.04 Å². The van der Waals surface area contributed by atoms with Crippen LogP contribution in [-0.2, 0) is 0 Å². The zero-order valence-electron chi connectivity index (χ0n) is 11.5. The number of benzene rings is 1. The summed E-state index contributed by atoms with van der Waals surface area (Å²) in [4.78, 5) is 16.8. The zero-order valence-corrected chi connectivity index (χ0v) is 12.3. The first-order valence-electron chi connectivity index (χ1n) is 6.64. The number of carbonyl (C=O) groups excluding carboxylic acids is 1. The largest absolute Gasteiger partial charge is 0.496 e. The second-order valence-corrected chi connectivity index (χ2v) is 6.21. The van der Waals surface area contributed by atoms with Gasteiger partial charge in [-0.1, -0.05) is 18.3 Å². The zero-order chi connectivity index (χ0) is 14.3. The van der Waals surface area contributed by atoms with E-state index in [1.807, 2.05) is 6.07 Å². The number of anilines is 1. The number of thiazole rings is 1. The highest BCUT2D eigenvalue weighted by Crippen LogP contribution is 2.34. The number of nitrogen functional groups attached to an aromatic ring is 1. The molecule has 1 heterocycles. The number of nitrogens with one attached hydrogen (secondary N) is 1. The number of aromatic nitrogens is 1. The lowest BCUT2D eigenvalue weighted by Crippen LogP contribution is -2.45. The van der Waals surface area contributed by atoms with E-state index in [2.05, 4.69) is 17.2 Å². The summed E-state index contributed by atoms with van der Waals surface area (Å²) in [6.45, 7) is 2.15. The van der Waals surface area contributed by atoms with Crippen LogP contribution in [0.3, 0.4) is 0 Å². The van der Waals surface area contributed by atoms with E-state index in [9.17, 15) is 4.79 Å². The minimum Gasteiger partial charge on any atom is -0.496 e. The molecule has 5 nitrogen and oxygen atoms in total. The Labute approximate surface area is 121 Å². The van der Waals surface area contributed by atoms with Crippen molar-refractivity contribution in [1.29, 1.82) is 0 Å². The van der Waals surface area contributed by atoms with Crippen molar-refractivity contribution in [2.75, 3.05) is 12.8 Å². The number of nitrogens with two attached hydrogens (primary N) is 1. The van der Waals surface area contributed by atoms with Crippen LogP contribution in [0.2, 0.25) is 0 Å². The molecule has 1 aromatic heterocycles. The average molecular weight is 291 g/mol. The Bertz CT molecular complexity index is 668. The fraction of sp³-hybridized carbons (Fsp3) is 0.429. The van der Waals surface area contributed by atoms with Gasteiger partial charge in [0.25, 0.3) is 5.91 Å². The minimum absolute atomic E-state index is 0.104. The third kappa shape index (κ3) is 2.10. The van der Waals surface area contributed by atoms with Crippen molar-refractivity contribution in [1.82, 2.24) is 10.3 Å². The highest BCUT2D eigenvalue weighted by molar-refractivity contribution is 7.22. The van der Waals surface area contributed by atoms with Gasteiger partial charge in [0.2, 0.25) is 0 Å². The van der Waals surface area contributed by atoms with Crippen molar-refractivity contribution in [3.8, 4) is 5.75 Å². The molecule has 1 saturated carbocycles. The fourth-order valence-electron chi connectivity index (χ4n) is 2.50. The lowest BCUT2D eigenvalue weighted by Gasteiger charge is -2.34. The normalized spacial score (nSPS) is 21.5. The van der Waals surface area contributed by atoms with Gasteiger partial charge in [-0.25, -0.2) is 4.98 Å². The molecule has 106 valence electrons. The van der Waals surface area contributed by atoms with Crippen molar-refractivity contribution in [3.05, 3.63) is 17.7 Å². The van der Waals surface area contributed by atoms with Crippen LogP contribution < -0.4 is 15.8 Å². The molecule has 3 N–H and O–H groups in total. The molecule has 1 aliphatic carbocycles. The molecule has 1 amide bonds. The number of carbonyl (C=O) groups is 1. The van der Waals surface area contributed by atoms with Crippen molar-refractivity contribution in [2.45, 2.75) is 25.8 Å². The van der Waals surface area contributed by atoms with Gasteiger partial charge >= 0.3 is 0 Å². The number of methoxy groups -OCH3 is 1. The Morgan fingerprint density at radius 1 is 1.50 bits per heavy atom. The van der Waals surface area contributed by atoms with Crippen LogP contribution in [0.15, 0.2) is 12.1 Å². The third-order valence-electron chi connectivity index (χ3n) is 3.92.